The third-order valence-corrected chi connectivity index (χ3v) is 3.02. The maximum atomic E-state index is 12.0. The average molecular weight is 229 g/mol. The minimum Gasteiger partial charge on any atom is -0.361 e. The molecule has 1 aromatic heterocycles. The number of amides is 1. The minimum absolute atomic E-state index is 0.0741. The van der Waals surface area contributed by atoms with Gasteiger partial charge in [-0.2, -0.15) is 0 Å². The lowest BCUT2D eigenvalue weighted by atomic mass is 10.2. The molecule has 0 radical (unpaired) electrons. The molecule has 1 aliphatic rings. The highest BCUT2D eigenvalue weighted by molar-refractivity contribution is 6.18. The van der Waals surface area contributed by atoms with Crippen LogP contribution in [0.2, 0.25) is 0 Å². The molecule has 4 nitrogen and oxygen atoms in total. The summed E-state index contributed by atoms with van der Waals surface area (Å²) in [6.45, 7) is 2.54. The number of carbonyl (C=O) groups excluding carboxylic acids is 1. The molecule has 1 unspecified atom stereocenters. The van der Waals surface area contributed by atoms with E-state index in [1.807, 2.05) is 0 Å². The van der Waals surface area contributed by atoms with Gasteiger partial charge in [0.25, 0.3) is 5.91 Å². The zero-order valence-electron chi connectivity index (χ0n) is 8.57. The van der Waals surface area contributed by atoms with Crippen molar-refractivity contribution < 1.29 is 9.32 Å². The zero-order chi connectivity index (χ0) is 10.8. The van der Waals surface area contributed by atoms with Gasteiger partial charge in [0.05, 0.1) is 0 Å². The summed E-state index contributed by atoms with van der Waals surface area (Å²) in [7, 11) is 0. The number of aryl methyl sites for hydroxylation is 1. The first-order valence-electron chi connectivity index (χ1n) is 5.02. The number of aromatic nitrogens is 1. The smallest absolute Gasteiger partial charge is 0.276 e. The largest absolute Gasteiger partial charge is 0.361 e. The molecular formula is C10H13ClN2O2. The molecule has 2 heterocycles. The molecule has 0 spiro atoms. The van der Waals surface area contributed by atoms with E-state index in [4.69, 9.17) is 16.1 Å². The summed E-state index contributed by atoms with van der Waals surface area (Å²) in [6.07, 6.45) is 1.99. The van der Waals surface area contributed by atoms with E-state index >= 15 is 0 Å². The summed E-state index contributed by atoms with van der Waals surface area (Å²) < 4.78 is 4.88. The average Bonchev–Trinajstić information content (AvgIpc) is 2.84. The van der Waals surface area contributed by atoms with Gasteiger partial charge in [0.2, 0.25) is 0 Å². The molecule has 0 aliphatic carbocycles. The van der Waals surface area contributed by atoms with E-state index in [0.29, 0.717) is 17.3 Å². The van der Waals surface area contributed by atoms with Gasteiger partial charge in [0.15, 0.2) is 5.69 Å². The summed E-state index contributed by atoms with van der Waals surface area (Å²) in [5.41, 5.74) is 0.379. The Morgan fingerprint density at radius 1 is 1.80 bits per heavy atom. The van der Waals surface area contributed by atoms with Crippen LogP contribution in [-0.2, 0) is 0 Å². The molecule has 0 N–H and O–H groups in total. The van der Waals surface area contributed by atoms with Crippen molar-refractivity contribution in [1.29, 1.82) is 0 Å². The second-order valence-corrected chi connectivity index (χ2v) is 4.08. The third-order valence-electron chi connectivity index (χ3n) is 2.66. The van der Waals surface area contributed by atoms with Gasteiger partial charge in [0, 0.05) is 24.5 Å². The molecule has 5 heteroatoms. The number of carbonyl (C=O) groups is 1. The maximum Gasteiger partial charge on any atom is 0.276 e. The van der Waals surface area contributed by atoms with Crippen LogP contribution in [0.25, 0.3) is 0 Å². The highest BCUT2D eigenvalue weighted by Crippen LogP contribution is 2.20. The van der Waals surface area contributed by atoms with Crippen LogP contribution >= 0.6 is 11.6 Å². The van der Waals surface area contributed by atoms with E-state index in [0.717, 1.165) is 19.4 Å². The second kappa shape index (κ2) is 4.23. The lowest BCUT2D eigenvalue weighted by molar-refractivity contribution is 0.0738. The fourth-order valence-corrected chi connectivity index (χ4v) is 2.20. The molecule has 1 saturated heterocycles. The SMILES string of the molecule is Cc1cc(C(=O)N2CCCC2CCl)no1. The summed E-state index contributed by atoms with van der Waals surface area (Å²) in [5.74, 6) is 1.07. The zero-order valence-corrected chi connectivity index (χ0v) is 9.33. The molecule has 0 aromatic carbocycles. The van der Waals surface area contributed by atoms with Gasteiger partial charge in [0.1, 0.15) is 5.76 Å². The third kappa shape index (κ3) is 2.00. The number of hydrogen-bond acceptors (Lipinski definition) is 3. The van der Waals surface area contributed by atoms with Crippen molar-refractivity contribution >= 4 is 17.5 Å². The van der Waals surface area contributed by atoms with Gasteiger partial charge in [-0.05, 0) is 19.8 Å². The Bertz CT molecular complexity index is 364. The van der Waals surface area contributed by atoms with Crippen LogP contribution in [0.15, 0.2) is 10.6 Å². The summed E-state index contributed by atoms with van der Waals surface area (Å²) >= 11 is 5.80. The highest BCUT2D eigenvalue weighted by Gasteiger charge is 2.30. The molecule has 82 valence electrons. The number of halogens is 1. The van der Waals surface area contributed by atoms with Gasteiger partial charge in [-0.3, -0.25) is 4.79 Å². The second-order valence-electron chi connectivity index (χ2n) is 3.77. The Morgan fingerprint density at radius 3 is 3.20 bits per heavy atom. The predicted octanol–water partition coefficient (Wildman–Crippen LogP) is 1.83. The number of rotatable bonds is 2. The molecule has 0 bridgehead atoms. The fourth-order valence-electron chi connectivity index (χ4n) is 1.88. The molecule has 2 rings (SSSR count). The quantitative estimate of drug-likeness (QED) is 0.726. The summed E-state index contributed by atoms with van der Waals surface area (Å²) in [5, 5.41) is 3.72. The molecule has 1 fully saturated rings. The van der Waals surface area contributed by atoms with Crippen molar-refractivity contribution in [3.63, 3.8) is 0 Å². The van der Waals surface area contributed by atoms with Crippen LogP contribution < -0.4 is 0 Å². The Hall–Kier alpha value is -1.03. The van der Waals surface area contributed by atoms with E-state index in [-0.39, 0.29) is 11.9 Å². The molecule has 1 aromatic rings. The van der Waals surface area contributed by atoms with E-state index in [1.165, 1.54) is 0 Å². The monoisotopic (exact) mass is 228 g/mol. The van der Waals surface area contributed by atoms with Crippen molar-refractivity contribution in [3.8, 4) is 0 Å². The van der Waals surface area contributed by atoms with Gasteiger partial charge in [-0.25, -0.2) is 0 Å². The van der Waals surface area contributed by atoms with Crippen LogP contribution in [0.1, 0.15) is 29.1 Å². The lowest BCUT2D eigenvalue weighted by Crippen LogP contribution is -2.36. The first kappa shape index (κ1) is 10.5. The normalized spacial score (nSPS) is 20.9. The molecule has 1 atom stereocenters. The fraction of sp³-hybridized carbons (Fsp3) is 0.600. The van der Waals surface area contributed by atoms with E-state index in [1.54, 1.807) is 17.9 Å². The van der Waals surface area contributed by atoms with Crippen LogP contribution in [-0.4, -0.2) is 34.4 Å². The lowest BCUT2D eigenvalue weighted by Gasteiger charge is -2.21. The summed E-state index contributed by atoms with van der Waals surface area (Å²) in [4.78, 5) is 13.8. The number of likely N-dealkylation sites (tertiary alicyclic amines) is 1. The van der Waals surface area contributed by atoms with Gasteiger partial charge >= 0.3 is 0 Å². The Labute approximate surface area is 93.2 Å². The number of alkyl halides is 1. The Morgan fingerprint density at radius 2 is 2.60 bits per heavy atom. The van der Waals surface area contributed by atoms with Gasteiger partial charge < -0.3 is 9.42 Å². The minimum atomic E-state index is -0.0741. The number of nitrogens with zero attached hydrogens (tertiary/aromatic N) is 2. The van der Waals surface area contributed by atoms with E-state index in [2.05, 4.69) is 5.16 Å². The van der Waals surface area contributed by atoms with E-state index < -0.39 is 0 Å². The van der Waals surface area contributed by atoms with Crippen LogP contribution in [0, 0.1) is 6.92 Å². The molecule has 15 heavy (non-hydrogen) atoms. The van der Waals surface area contributed by atoms with Gasteiger partial charge in [-0.15, -0.1) is 11.6 Å². The van der Waals surface area contributed by atoms with Crippen molar-refractivity contribution in [1.82, 2.24) is 10.1 Å². The van der Waals surface area contributed by atoms with Crippen molar-refractivity contribution in [2.45, 2.75) is 25.8 Å². The standard InChI is InChI=1S/C10H13ClN2O2/c1-7-5-9(12-15-7)10(14)13-4-2-3-8(13)6-11/h5,8H,2-4,6H2,1H3. The topological polar surface area (TPSA) is 46.3 Å². The number of hydrogen-bond donors (Lipinski definition) is 0. The molecular weight excluding hydrogens is 216 g/mol. The first-order chi connectivity index (χ1) is 7.22. The molecule has 1 amide bonds. The van der Waals surface area contributed by atoms with Crippen molar-refractivity contribution in [3.05, 3.63) is 17.5 Å². The van der Waals surface area contributed by atoms with Gasteiger partial charge in [-0.1, -0.05) is 5.16 Å². The van der Waals surface area contributed by atoms with Crippen molar-refractivity contribution in [2.24, 2.45) is 0 Å². The first-order valence-corrected chi connectivity index (χ1v) is 5.56. The molecule has 0 saturated carbocycles. The molecule has 1 aliphatic heterocycles. The van der Waals surface area contributed by atoms with Crippen LogP contribution in [0.5, 0.6) is 0 Å². The van der Waals surface area contributed by atoms with Crippen LogP contribution in [0.4, 0.5) is 0 Å². The van der Waals surface area contributed by atoms with E-state index in [9.17, 15) is 4.79 Å². The Balaban J connectivity index is 2.13. The Kier molecular flexibility index (Phi) is 2.95. The van der Waals surface area contributed by atoms with Crippen LogP contribution in [0.3, 0.4) is 0 Å². The maximum absolute atomic E-state index is 12.0. The highest BCUT2D eigenvalue weighted by atomic mass is 35.5. The summed E-state index contributed by atoms with van der Waals surface area (Å²) in [6, 6.07) is 1.81. The van der Waals surface area contributed by atoms with Crippen molar-refractivity contribution in [2.75, 3.05) is 12.4 Å². The predicted molar refractivity (Wildman–Crippen MR) is 56.0 cm³/mol.